The highest BCUT2D eigenvalue weighted by Crippen LogP contribution is 2.38. The second kappa shape index (κ2) is 14.1. The Morgan fingerprint density at radius 1 is 1.11 bits per heavy atom. The molecule has 4 aromatic rings. The number of hydrogen-bond donors (Lipinski definition) is 4. The molecule has 0 aliphatic carbocycles. The molecule has 2 saturated heterocycles. The summed E-state index contributed by atoms with van der Waals surface area (Å²) in [4.78, 5) is 27.1. The van der Waals surface area contributed by atoms with E-state index in [2.05, 4.69) is 25.9 Å². The number of anilines is 2. The van der Waals surface area contributed by atoms with Gasteiger partial charge in [0.25, 0.3) is 0 Å². The van der Waals surface area contributed by atoms with Gasteiger partial charge < -0.3 is 25.8 Å². The monoisotopic (exact) mass is 645 g/mol. The van der Waals surface area contributed by atoms with Crippen LogP contribution in [0.5, 0.6) is 5.88 Å². The largest absolute Gasteiger partial charge is 0.481 e. The van der Waals surface area contributed by atoms with Crippen LogP contribution in [-0.2, 0) is 17.9 Å². The number of hydrogen-bond acceptors (Lipinski definition) is 9. The summed E-state index contributed by atoms with van der Waals surface area (Å²) in [6.07, 6.45) is 4.99. The van der Waals surface area contributed by atoms with Crippen molar-refractivity contribution in [3.05, 3.63) is 82.4 Å². The van der Waals surface area contributed by atoms with Gasteiger partial charge in [-0.1, -0.05) is 29.8 Å². The summed E-state index contributed by atoms with van der Waals surface area (Å²) in [6.45, 7) is 4.80. The number of carbonyl (C=O) groups excluding carboxylic acids is 1. The van der Waals surface area contributed by atoms with Crippen LogP contribution in [0, 0.1) is 12.7 Å². The minimum absolute atomic E-state index is 0.0916. The van der Waals surface area contributed by atoms with Crippen molar-refractivity contribution in [3.8, 4) is 28.4 Å². The summed E-state index contributed by atoms with van der Waals surface area (Å²) in [5.41, 5.74) is 5.60. The molecule has 0 bridgehead atoms. The van der Waals surface area contributed by atoms with Gasteiger partial charge in [0, 0.05) is 85.5 Å². The lowest BCUT2D eigenvalue weighted by atomic mass is 10.0. The number of aliphatic hydroxyl groups excluding tert-OH is 1. The lowest BCUT2D eigenvalue weighted by molar-refractivity contribution is -0.119. The Hall–Kier alpha value is -4.16. The summed E-state index contributed by atoms with van der Waals surface area (Å²) in [5, 5.41) is 19.8. The number of rotatable bonds is 11. The summed E-state index contributed by atoms with van der Waals surface area (Å²) >= 11 is 7.00. The van der Waals surface area contributed by atoms with E-state index < -0.39 is 5.82 Å². The van der Waals surface area contributed by atoms with Crippen molar-refractivity contribution < 1.29 is 19.0 Å². The smallest absolute Gasteiger partial charge is 0.220 e. The van der Waals surface area contributed by atoms with Crippen molar-refractivity contribution >= 4 is 29.0 Å². The van der Waals surface area contributed by atoms with E-state index in [9.17, 15) is 9.90 Å². The number of aliphatic hydroxyl groups is 1. The van der Waals surface area contributed by atoms with Gasteiger partial charge in [-0.05, 0) is 49.6 Å². The van der Waals surface area contributed by atoms with Crippen LogP contribution in [0.4, 0.5) is 15.9 Å². The Morgan fingerprint density at radius 2 is 1.96 bits per heavy atom. The fourth-order valence-electron chi connectivity index (χ4n) is 6.02. The maximum Gasteiger partial charge on any atom is 0.220 e. The van der Waals surface area contributed by atoms with Crippen molar-refractivity contribution in [2.45, 2.75) is 51.4 Å². The number of carbonyl (C=O) groups is 1. The molecule has 2 fully saturated rings. The number of amides is 1. The maximum atomic E-state index is 15.5. The van der Waals surface area contributed by atoms with Crippen molar-refractivity contribution in [1.82, 2.24) is 30.5 Å². The zero-order valence-electron chi connectivity index (χ0n) is 25.8. The number of ether oxygens (including phenoxy) is 1. The second-order valence-electron chi connectivity index (χ2n) is 11.7. The number of methoxy groups -OCH3 is 1. The molecule has 1 aromatic carbocycles. The minimum Gasteiger partial charge on any atom is -0.481 e. The second-order valence-corrected chi connectivity index (χ2v) is 12.1. The number of nitrogens with zero attached hydrogens (tertiary/aromatic N) is 4. The molecular formula is C34H37ClFN7O3. The lowest BCUT2D eigenvalue weighted by Crippen LogP contribution is -2.35. The minimum atomic E-state index is -0.421. The molecule has 5 heterocycles. The standard InChI is InChI=1S/C34H37ClFN7O3/c1-20-25(4-3-5-27(20)41-33-31(36)22(10-13-39-33)18-43-15-12-24(44)19-43)32-30(35)26(11-14-38-32)28-8-6-21(34(42-28)46-2)16-37-17-23-7-9-29(45)40-23/h3-6,8,10-11,13-14,23-24,37,44H,7,9,12,15-19H2,1-2H3,(H,39,41)(H,40,45)/t23-,24+/m0/s1. The molecule has 2 aliphatic heterocycles. The first-order valence-corrected chi connectivity index (χ1v) is 15.8. The molecule has 6 rings (SSSR count). The van der Waals surface area contributed by atoms with Gasteiger partial charge in [0.15, 0.2) is 11.6 Å². The van der Waals surface area contributed by atoms with E-state index in [0.29, 0.717) is 78.1 Å². The third kappa shape index (κ3) is 6.97. The van der Waals surface area contributed by atoms with Crippen LogP contribution < -0.4 is 20.7 Å². The van der Waals surface area contributed by atoms with Gasteiger partial charge in [-0.3, -0.25) is 14.7 Å². The normalized spacial score (nSPS) is 18.2. The van der Waals surface area contributed by atoms with Crippen LogP contribution in [0.2, 0.25) is 5.02 Å². The van der Waals surface area contributed by atoms with Crippen LogP contribution in [0.1, 0.15) is 36.0 Å². The van der Waals surface area contributed by atoms with Crippen LogP contribution >= 0.6 is 11.6 Å². The van der Waals surface area contributed by atoms with E-state index in [1.54, 1.807) is 25.6 Å². The first-order valence-electron chi connectivity index (χ1n) is 15.4. The Bertz CT molecular complexity index is 1740. The predicted molar refractivity (Wildman–Crippen MR) is 175 cm³/mol. The quantitative estimate of drug-likeness (QED) is 0.179. The van der Waals surface area contributed by atoms with Gasteiger partial charge in [-0.2, -0.15) is 0 Å². The highest BCUT2D eigenvalue weighted by molar-refractivity contribution is 6.35. The number of halogens is 2. The Morgan fingerprint density at radius 3 is 2.72 bits per heavy atom. The van der Waals surface area contributed by atoms with Gasteiger partial charge in [0.1, 0.15) is 0 Å². The number of likely N-dealkylation sites (tertiary alicyclic amines) is 1. The van der Waals surface area contributed by atoms with Gasteiger partial charge in [-0.15, -0.1) is 0 Å². The average molecular weight is 646 g/mol. The van der Waals surface area contributed by atoms with Gasteiger partial charge in [0.05, 0.1) is 29.6 Å². The van der Waals surface area contributed by atoms with Crippen LogP contribution in [0.15, 0.2) is 54.9 Å². The van der Waals surface area contributed by atoms with Crippen molar-refractivity contribution in [2.24, 2.45) is 0 Å². The molecule has 1 amide bonds. The molecule has 240 valence electrons. The summed E-state index contributed by atoms with van der Waals surface area (Å²) < 4.78 is 21.1. The van der Waals surface area contributed by atoms with Crippen molar-refractivity contribution in [3.63, 3.8) is 0 Å². The van der Waals surface area contributed by atoms with E-state index in [-0.39, 0.29) is 23.9 Å². The molecule has 4 N–H and O–H groups in total. The molecule has 46 heavy (non-hydrogen) atoms. The summed E-state index contributed by atoms with van der Waals surface area (Å²) in [6, 6.07) is 13.1. The average Bonchev–Trinajstić information content (AvgIpc) is 3.67. The highest BCUT2D eigenvalue weighted by atomic mass is 35.5. The van der Waals surface area contributed by atoms with Crippen LogP contribution in [-0.4, -0.2) is 69.8 Å². The van der Waals surface area contributed by atoms with Gasteiger partial charge in [-0.25, -0.2) is 14.4 Å². The summed E-state index contributed by atoms with van der Waals surface area (Å²) in [7, 11) is 1.58. The van der Waals surface area contributed by atoms with Gasteiger partial charge >= 0.3 is 0 Å². The fourth-order valence-corrected chi connectivity index (χ4v) is 6.33. The zero-order chi connectivity index (χ0) is 32.2. The third-order valence-electron chi connectivity index (χ3n) is 8.54. The maximum absolute atomic E-state index is 15.5. The molecule has 2 aliphatic rings. The van der Waals surface area contributed by atoms with Gasteiger partial charge in [0.2, 0.25) is 11.8 Å². The highest BCUT2D eigenvalue weighted by Gasteiger charge is 2.23. The lowest BCUT2D eigenvalue weighted by Gasteiger charge is -2.18. The first-order chi connectivity index (χ1) is 22.3. The van der Waals surface area contributed by atoms with E-state index in [0.717, 1.165) is 29.7 Å². The molecule has 12 heteroatoms. The van der Waals surface area contributed by atoms with Crippen LogP contribution in [0.25, 0.3) is 22.5 Å². The van der Waals surface area contributed by atoms with E-state index >= 15 is 4.39 Å². The van der Waals surface area contributed by atoms with Crippen molar-refractivity contribution in [1.29, 1.82) is 0 Å². The number of nitrogens with one attached hydrogen (secondary N) is 3. The molecule has 2 atom stereocenters. The number of aromatic nitrogens is 3. The number of β-amino-alcohol motifs (C(OH)–C–C–N with tert-alkyl or cyclic N) is 1. The number of benzene rings is 1. The Kier molecular flexibility index (Phi) is 9.74. The predicted octanol–water partition coefficient (Wildman–Crippen LogP) is 4.99. The molecule has 0 spiro atoms. The number of pyridine rings is 3. The topological polar surface area (TPSA) is 125 Å². The molecule has 0 saturated carbocycles. The molecule has 3 aromatic heterocycles. The first kappa shape index (κ1) is 31.8. The van der Waals surface area contributed by atoms with Crippen LogP contribution in [0.3, 0.4) is 0 Å². The SMILES string of the molecule is COc1nc(-c2ccnc(-c3cccc(Nc4nccc(CN5CC[C@@H](O)C5)c4F)c3C)c2Cl)ccc1CNC[C@@H]1CCC(=O)N1. The third-order valence-corrected chi connectivity index (χ3v) is 8.92. The Labute approximate surface area is 272 Å². The van der Waals surface area contributed by atoms with E-state index in [1.807, 2.05) is 48.2 Å². The Balaban J connectivity index is 1.21. The molecule has 0 unspecified atom stereocenters. The summed E-state index contributed by atoms with van der Waals surface area (Å²) in [5.74, 6) is 0.281. The van der Waals surface area contributed by atoms with E-state index in [4.69, 9.17) is 21.3 Å². The fraction of sp³-hybridized carbons (Fsp3) is 0.353. The van der Waals surface area contributed by atoms with E-state index in [1.165, 1.54) is 0 Å². The zero-order valence-corrected chi connectivity index (χ0v) is 26.6. The molecular weight excluding hydrogens is 609 g/mol. The molecule has 10 nitrogen and oxygen atoms in total. The molecule has 0 radical (unpaired) electrons. The van der Waals surface area contributed by atoms with Crippen molar-refractivity contribution in [2.75, 3.05) is 32.1 Å².